The Bertz CT molecular complexity index is 3090. The van der Waals surface area contributed by atoms with Gasteiger partial charge < -0.3 is 0 Å². The summed E-state index contributed by atoms with van der Waals surface area (Å²) < 4.78 is 0. The van der Waals surface area contributed by atoms with E-state index in [1.54, 1.807) is 0 Å². The molecule has 2 fully saturated rings. The molecule has 5 atom stereocenters. The Hall–Kier alpha value is -7.44. The Morgan fingerprint density at radius 2 is 0.769 bits per heavy atom. The molecule has 0 aliphatic heterocycles. The van der Waals surface area contributed by atoms with E-state index in [4.69, 9.17) is 29.9 Å². The third-order valence-corrected chi connectivity index (χ3v) is 14.5. The normalized spacial score (nSPS) is 20.6. The first kappa shape index (κ1) is 39.2. The van der Waals surface area contributed by atoms with E-state index in [0.29, 0.717) is 46.8 Å². The smallest absolute Gasteiger partial charge is 0.164 e. The molecule has 2 aromatic heterocycles. The summed E-state index contributed by atoms with van der Waals surface area (Å²) in [6, 6.07) is 63.7. The van der Waals surface area contributed by atoms with Crippen LogP contribution in [-0.4, -0.2) is 29.9 Å². The molecule has 3 aliphatic rings. The van der Waals surface area contributed by atoms with E-state index in [2.05, 4.69) is 74.5 Å². The van der Waals surface area contributed by atoms with Crippen LogP contribution < -0.4 is 0 Å². The number of fused-ring (bicyclic) bond motifs is 8. The van der Waals surface area contributed by atoms with Gasteiger partial charge in [0.25, 0.3) is 0 Å². The van der Waals surface area contributed by atoms with Gasteiger partial charge in [-0.15, -0.1) is 0 Å². The highest BCUT2D eigenvalue weighted by Gasteiger charge is 2.56. The Balaban J connectivity index is 1.08. The highest BCUT2D eigenvalue weighted by molar-refractivity contribution is 5.88. The van der Waals surface area contributed by atoms with Crippen LogP contribution in [0, 0.1) is 23.7 Å². The van der Waals surface area contributed by atoms with E-state index in [0.717, 1.165) is 56.3 Å². The van der Waals surface area contributed by atoms with E-state index in [-0.39, 0.29) is 5.41 Å². The van der Waals surface area contributed by atoms with Crippen LogP contribution in [0.5, 0.6) is 0 Å². The molecule has 6 heteroatoms. The molecule has 2 heterocycles. The van der Waals surface area contributed by atoms with Crippen LogP contribution in [-0.2, 0) is 5.41 Å². The van der Waals surface area contributed by atoms with Crippen molar-refractivity contribution in [3.63, 3.8) is 0 Å². The van der Waals surface area contributed by atoms with E-state index in [1.165, 1.54) is 47.9 Å². The summed E-state index contributed by atoms with van der Waals surface area (Å²) in [5.74, 6) is 6.26. The van der Waals surface area contributed by atoms with Gasteiger partial charge in [-0.25, -0.2) is 29.9 Å². The molecule has 12 rings (SSSR count). The fraction of sp³-hybridized carbons (Fsp3) is 0.186. The van der Waals surface area contributed by atoms with Crippen molar-refractivity contribution in [3.8, 4) is 90.6 Å². The molecule has 7 aromatic carbocycles. The van der Waals surface area contributed by atoms with Gasteiger partial charge in [0.2, 0.25) is 0 Å². The number of hydrogen-bond donors (Lipinski definition) is 0. The molecule has 3 aliphatic carbocycles. The molecule has 0 amide bonds. The summed E-state index contributed by atoms with van der Waals surface area (Å²) in [7, 11) is 0. The van der Waals surface area contributed by atoms with Crippen molar-refractivity contribution in [3.05, 3.63) is 193 Å². The Labute approximate surface area is 380 Å². The lowest BCUT2D eigenvalue weighted by atomic mass is 9.49. The second-order valence-electron chi connectivity index (χ2n) is 18.5. The predicted octanol–water partition coefficient (Wildman–Crippen LogP) is 14.1. The van der Waals surface area contributed by atoms with Gasteiger partial charge in [-0.05, 0) is 101 Å². The van der Waals surface area contributed by atoms with E-state index in [9.17, 15) is 0 Å². The lowest BCUT2D eigenvalue weighted by molar-refractivity contribution is 0.0426. The van der Waals surface area contributed by atoms with Gasteiger partial charge in [0.05, 0.1) is 0 Å². The maximum absolute atomic E-state index is 5.28. The predicted molar refractivity (Wildman–Crippen MR) is 261 cm³/mol. The highest BCUT2D eigenvalue weighted by atomic mass is 15.1. The van der Waals surface area contributed by atoms with Crippen LogP contribution in [0.25, 0.3) is 90.6 Å². The number of aromatic nitrogens is 6. The number of rotatable bonds is 7. The van der Waals surface area contributed by atoms with Gasteiger partial charge in [0.1, 0.15) is 0 Å². The van der Waals surface area contributed by atoms with Gasteiger partial charge in [-0.3, -0.25) is 0 Å². The van der Waals surface area contributed by atoms with Gasteiger partial charge in [-0.1, -0.05) is 178 Å². The molecule has 2 saturated carbocycles. The maximum atomic E-state index is 5.28. The molecule has 1 spiro atoms. The van der Waals surface area contributed by atoms with Crippen molar-refractivity contribution >= 4 is 0 Å². The minimum Gasteiger partial charge on any atom is -0.208 e. The summed E-state index contributed by atoms with van der Waals surface area (Å²) in [5, 5.41) is 0. The molecule has 2 bridgehead atoms. The van der Waals surface area contributed by atoms with Crippen LogP contribution in [0.4, 0.5) is 0 Å². The molecule has 65 heavy (non-hydrogen) atoms. The third-order valence-electron chi connectivity index (χ3n) is 14.5. The van der Waals surface area contributed by atoms with Crippen molar-refractivity contribution in [2.75, 3.05) is 0 Å². The lowest BCUT2D eigenvalue weighted by Crippen LogP contribution is -2.49. The van der Waals surface area contributed by atoms with Crippen molar-refractivity contribution < 1.29 is 0 Å². The summed E-state index contributed by atoms with van der Waals surface area (Å²) in [5.41, 5.74) is 13.3. The zero-order valence-electron chi connectivity index (χ0n) is 36.6. The first-order chi connectivity index (χ1) is 32.0. The molecule has 0 radical (unpaired) electrons. The van der Waals surface area contributed by atoms with Crippen LogP contribution in [0.2, 0.25) is 0 Å². The molecule has 314 valence electrons. The summed E-state index contributed by atoms with van der Waals surface area (Å²) in [4.78, 5) is 31.1. The van der Waals surface area contributed by atoms with Crippen LogP contribution in [0.1, 0.15) is 50.7 Å². The minimum atomic E-state index is 0.0306. The largest absolute Gasteiger partial charge is 0.208 e. The molecule has 9 aromatic rings. The van der Waals surface area contributed by atoms with Crippen LogP contribution in [0.3, 0.4) is 0 Å². The van der Waals surface area contributed by atoms with Crippen LogP contribution >= 0.6 is 0 Å². The van der Waals surface area contributed by atoms with Crippen LogP contribution in [0.15, 0.2) is 182 Å². The lowest BCUT2D eigenvalue weighted by Gasteiger charge is -2.54. The Kier molecular flexibility index (Phi) is 9.62. The standard InChI is InChI=1S/C59H48N6/c1-37-31-39-33-38(2)59(46(32-37)34-39)51-26-16-15-25-47(51)49-35-45(28-30-52(49)59)44-27-29-48(57-62-53(40-17-7-3-8-18-40)60-54(63-57)41-19-9-4-10-20-41)50(36-44)58-64-55(42-21-11-5-12-22-42)61-56(65-58)43-23-13-6-14-24-43/h3-30,35-39,46H,31-34H2,1-2H3. The molecule has 0 saturated heterocycles. The highest BCUT2D eigenvalue weighted by Crippen LogP contribution is 2.64. The molecular weight excluding hydrogens is 793 g/mol. The number of benzene rings is 7. The van der Waals surface area contributed by atoms with E-state index in [1.807, 2.05) is 121 Å². The monoisotopic (exact) mass is 840 g/mol. The van der Waals surface area contributed by atoms with E-state index < -0.39 is 0 Å². The summed E-state index contributed by atoms with van der Waals surface area (Å²) in [6.45, 7) is 5.02. The Morgan fingerprint density at radius 3 is 1.31 bits per heavy atom. The third kappa shape index (κ3) is 6.78. The van der Waals surface area contributed by atoms with E-state index >= 15 is 0 Å². The maximum Gasteiger partial charge on any atom is 0.164 e. The van der Waals surface area contributed by atoms with Gasteiger partial charge in [-0.2, -0.15) is 0 Å². The Morgan fingerprint density at radius 1 is 0.338 bits per heavy atom. The minimum absolute atomic E-state index is 0.0306. The molecule has 6 nitrogen and oxygen atoms in total. The topological polar surface area (TPSA) is 77.3 Å². The summed E-state index contributed by atoms with van der Waals surface area (Å²) >= 11 is 0. The fourth-order valence-electron chi connectivity index (χ4n) is 11.9. The van der Waals surface area contributed by atoms with Crippen molar-refractivity contribution in [2.24, 2.45) is 23.7 Å². The van der Waals surface area contributed by atoms with Gasteiger partial charge in [0, 0.05) is 38.8 Å². The zero-order valence-corrected chi connectivity index (χ0v) is 36.6. The number of nitrogens with zero attached hydrogens (tertiary/aromatic N) is 6. The second kappa shape index (κ2) is 16.0. The summed E-state index contributed by atoms with van der Waals surface area (Å²) in [6.07, 6.45) is 5.28. The quantitative estimate of drug-likeness (QED) is 0.159. The number of hydrogen-bond acceptors (Lipinski definition) is 6. The van der Waals surface area contributed by atoms with Crippen molar-refractivity contribution in [1.29, 1.82) is 0 Å². The second-order valence-corrected chi connectivity index (χ2v) is 18.5. The molecule has 5 unspecified atom stereocenters. The van der Waals surface area contributed by atoms with Gasteiger partial charge >= 0.3 is 0 Å². The van der Waals surface area contributed by atoms with Crippen molar-refractivity contribution in [2.45, 2.75) is 44.9 Å². The fourth-order valence-corrected chi connectivity index (χ4v) is 11.9. The van der Waals surface area contributed by atoms with Crippen molar-refractivity contribution in [1.82, 2.24) is 29.9 Å². The van der Waals surface area contributed by atoms with Gasteiger partial charge in [0.15, 0.2) is 34.9 Å². The first-order valence-electron chi connectivity index (χ1n) is 23.1. The molecule has 0 N–H and O–H groups in total. The SMILES string of the molecule is CC1CC2CC(C)C3(c4ccccc4-c4cc(-c5ccc(-c6nc(-c7ccccc7)nc(-c7ccccc7)n6)c(-c6nc(-c7ccccc7)nc(-c7ccccc7)n6)c5)ccc43)C(C1)C2. The first-order valence-corrected chi connectivity index (χ1v) is 23.1. The average Bonchev–Trinajstić information content (AvgIpc) is 3.67. The molecular formula is C59H48N6. The average molecular weight is 841 g/mol. The zero-order chi connectivity index (χ0) is 43.5.